The summed E-state index contributed by atoms with van der Waals surface area (Å²) in [6, 6.07) is 24.2. The molecule has 5 rings (SSSR count). The van der Waals surface area contributed by atoms with Gasteiger partial charge in [-0.15, -0.1) is 0 Å². The van der Waals surface area contributed by atoms with Gasteiger partial charge in [0.2, 0.25) is 0 Å². The van der Waals surface area contributed by atoms with Gasteiger partial charge in [0.25, 0.3) is 5.91 Å². The predicted octanol–water partition coefficient (Wildman–Crippen LogP) is 4.75. The van der Waals surface area contributed by atoms with Crippen molar-refractivity contribution in [3.63, 3.8) is 0 Å². The molecule has 2 N–H and O–H groups in total. The van der Waals surface area contributed by atoms with Crippen molar-refractivity contribution in [3.05, 3.63) is 112 Å². The molecule has 2 aliphatic carbocycles. The largest absolute Gasteiger partial charge is 0.388 e. The number of hydrogen-bond donors (Lipinski definition) is 2. The molecule has 3 aromatic carbocycles. The standard InChI is InChI=1S/C18H19NO2.C9H8/c1-19-18(21)13-8-6-12(7-9-13)10-15-11-14-4-2-3-5-16(14)17(15)20;1-2-5-9-7-3-6-8(9)4-1/h2-9,15,17,20H,10-11H2,1H3,(H,19,21);1-6H,7H2/t15-,17?;/m1./s1. The number of amides is 1. The zero-order chi connectivity index (χ0) is 20.9. The van der Waals surface area contributed by atoms with Gasteiger partial charge >= 0.3 is 0 Å². The predicted molar refractivity (Wildman–Crippen MR) is 121 cm³/mol. The van der Waals surface area contributed by atoms with Crippen LogP contribution >= 0.6 is 0 Å². The van der Waals surface area contributed by atoms with E-state index < -0.39 is 0 Å². The highest BCUT2D eigenvalue weighted by atomic mass is 16.3. The smallest absolute Gasteiger partial charge is 0.251 e. The number of hydrogen-bond acceptors (Lipinski definition) is 2. The molecule has 2 atom stereocenters. The van der Waals surface area contributed by atoms with E-state index >= 15 is 0 Å². The quantitative estimate of drug-likeness (QED) is 0.670. The Morgan fingerprint density at radius 3 is 2.37 bits per heavy atom. The Hall–Kier alpha value is -3.17. The van der Waals surface area contributed by atoms with Crippen LogP contribution in [0.4, 0.5) is 0 Å². The van der Waals surface area contributed by atoms with E-state index in [1.165, 1.54) is 16.7 Å². The topological polar surface area (TPSA) is 49.3 Å². The second kappa shape index (κ2) is 9.10. The number of benzene rings is 3. The first-order valence-corrected chi connectivity index (χ1v) is 10.5. The average molecular weight is 398 g/mol. The Kier molecular flexibility index (Phi) is 6.10. The lowest BCUT2D eigenvalue weighted by atomic mass is 9.94. The van der Waals surface area contributed by atoms with E-state index in [-0.39, 0.29) is 17.9 Å². The Labute approximate surface area is 178 Å². The number of rotatable bonds is 3. The Morgan fingerprint density at radius 2 is 1.67 bits per heavy atom. The zero-order valence-electron chi connectivity index (χ0n) is 17.2. The lowest BCUT2D eigenvalue weighted by Crippen LogP contribution is -2.17. The van der Waals surface area contributed by atoms with Crippen LogP contribution in [-0.4, -0.2) is 18.1 Å². The fourth-order valence-electron chi connectivity index (χ4n) is 4.28. The van der Waals surface area contributed by atoms with Gasteiger partial charge < -0.3 is 10.4 Å². The van der Waals surface area contributed by atoms with Crippen molar-refractivity contribution in [2.75, 3.05) is 7.05 Å². The molecular formula is C27H27NO2. The summed E-state index contributed by atoms with van der Waals surface area (Å²) in [5.41, 5.74) is 6.97. The molecule has 0 bridgehead atoms. The number of carbonyl (C=O) groups excluding carboxylic acids is 1. The molecule has 30 heavy (non-hydrogen) atoms. The van der Waals surface area contributed by atoms with Gasteiger partial charge in [-0.05, 0) is 65.1 Å². The van der Waals surface area contributed by atoms with Gasteiger partial charge in [-0.25, -0.2) is 0 Å². The number of allylic oxidation sites excluding steroid dienone is 1. The number of fused-ring (bicyclic) bond motifs is 2. The van der Waals surface area contributed by atoms with E-state index in [9.17, 15) is 9.90 Å². The van der Waals surface area contributed by atoms with E-state index in [4.69, 9.17) is 0 Å². The summed E-state index contributed by atoms with van der Waals surface area (Å²) < 4.78 is 0. The number of nitrogens with one attached hydrogen (secondary N) is 1. The molecule has 0 heterocycles. The second-order valence-electron chi connectivity index (χ2n) is 7.89. The van der Waals surface area contributed by atoms with E-state index in [1.807, 2.05) is 42.5 Å². The first-order valence-electron chi connectivity index (χ1n) is 10.5. The van der Waals surface area contributed by atoms with Crippen LogP contribution < -0.4 is 5.32 Å². The van der Waals surface area contributed by atoms with Crippen LogP contribution in [0.5, 0.6) is 0 Å². The van der Waals surface area contributed by atoms with Crippen LogP contribution in [0.15, 0.2) is 78.9 Å². The molecule has 0 radical (unpaired) electrons. The molecule has 152 valence electrons. The maximum atomic E-state index is 11.5. The molecule has 1 amide bonds. The molecule has 3 nitrogen and oxygen atoms in total. The van der Waals surface area contributed by atoms with Crippen LogP contribution in [0.25, 0.3) is 6.08 Å². The third-order valence-electron chi connectivity index (χ3n) is 5.93. The molecule has 1 unspecified atom stereocenters. The van der Waals surface area contributed by atoms with Crippen molar-refractivity contribution in [2.45, 2.75) is 25.4 Å². The lowest BCUT2D eigenvalue weighted by molar-refractivity contribution is 0.0963. The molecule has 0 saturated carbocycles. The van der Waals surface area contributed by atoms with Gasteiger partial charge in [0.05, 0.1) is 6.10 Å². The van der Waals surface area contributed by atoms with Crippen molar-refractivity contribution in [1.29, 1.82) is 0 Å². The van der Waals surface area contributed by atoms with Gasteiger partial charge in [0.1, 0.15) is 0 Å². The third kappa shape index (κ3) is 4.37. The molecule has 2 aliphatic rings. The first kappa shape index (κ1) is 20.1. The molecule has 0 fully saturated rings. The van der Waals surface area contributed by atoms with Crippen molar-refractivity contribution >= 4 is 12.0 Å². The van der Waals surface area contributed by atoms with Gasteiger partial charge in [-0.1, -0.05) is 72.8 Å². The summed E-state index contributed by atoms with van der Waals surface area (Å²) in [5.74, 6) is 0.142. The lowest BCUT2D eigenvalue weighted by Gasteiger charge is -2.15. The van der Waals surface area contributed by atoms with Crippen LogP contribution in [0.3, 0.4) is 0 Å². The van der Waals surface area contributed by atoms with Gasteiger partial charge in [0, 0.05) is 12.6 Å². The minimum absolute atomic E-state index is 0.0742. The molecule has 0 aromatic heterocycles. The summed E-state index contributed by atoms with van der Waals surface area (Å²) in [5, 5.41) is 13.0. The average Bonchev–Trinajstić information content (AvgIpc) is 3.39. The number of aliphatic hydroxyl groups is 1. The number of carbonyl (C=O) groups is 1. The molecule has 0 aliphatic heterocycles. The maximum Gasteiger partial charge on any atom is 0.251 e. The fraction of sp³-hybridized carbons (Fsp3) is 0.222. The van der Waals surface area contributed by atoms with E-state index in [1.54, 1.807) is 7.05 Å². The highest BCUT2D eigenvalue weighted by molar-refractivity contribution is 5.93. The molecule has 0 spiro atoms. The monoisotopic (exact) mass is 397 g/mol. The van der Waals surface area contributed by atoms with Crippen LogP contribution in [-0.2, 0) is 19.3 Å². The second-order valence-corrected chi connectivity index (χ2v) is 7.89. The summed E-state index contributed by atoms with van der Waals surface area (Å²) in [6.07, 6.45) is 6.84. The maximum absolute atomic E-state index is 11.5. The van der Waals surface area contributed by atoms with Crippen LogP contribution in [0.2, 0.25) is 0 Å². The van der Waals surface area contributed by atoms with Gasteiger partial charge in [0.15, 0.2) is 0 Å². The summed E-state index contributed by atoms with van der Waals surface area (Å²) >= 11 is 0. The Morgan fingerprint density at radius 1 is 0.967 bits per heavy atom. The summed E-state index contributed by atoms with van der Waals surface area (Å²) in [6.45, 7) is 0. The summed E-state index contributed by atoms with van der Waals surface area (Å²) in [7, 11) is 1.63. The van der Waals surface area contributed by atoms with Gasteiger partial charge in [-0.3, -0.25) is 4.79 Å². The highest BCUT2D eigenvalue weighted by Crippen LogP contribution is 2.37. The Balaban J connectivity index is 0.000000200. The normalized spacial score (nSPS) is 18.2. The Bertz CT molecular complexity index is 1050. The minimum atomic E-state index is -0.389. The molecule has 3 aromatic rings. The van der Waals surface area contributed by atoms with Crippen LogP contribution in [0, 0.1) is 5.92 Å². The SMILES string of the molecule is C1=Cc2ccccc2C1.CNC(=O)c1ccc(C[C@@H]2Cc3ccccc3C2O)cc1. The van der Waals surface area contributed by atoms with Gasteiger partial charge in [-0.2, -0.15) is 0 Å². The zero-order valence-corrected chi connectivity index (χ0v) is 17.2. The van der Waals surface area contributed by atoms with Crippen molar-refractivity contribution in [1.82, 2.24) is 5.32 Å². The first-order chi connectivity index (χ1) is 14.7. The fourth-order valence-corrected chi connectivity index (χ4v) is 4.28. The van der Waals surface area contributed by atoms with Crippen molar-refractivity contribution in [2.24, 2.45) is 5.92 Å². The molecule has 0 saturated heterocycles. The van der Waals surface area contributed by atoms with Crippen molar-refractivity contribution < 1.29 is 9.90 Å². The third-order valence-corrected chi connectivity index (χ3v) is 5.93. The van der Waals surface area contributed by atoms with E-state index in [0.717, 1.165) is 30.4 Å². The molecule has 3 heteroatoms. The van der Waals surface area contributed by atoms with E-state index in [0.29, 0.717) is 5.56 Å². The van der Waals surface area contributed by atoms with E-state index in [2.05, 4.69) is 47.8 Å². The van der Waals surface area contributed by atoms with Crippen molar-refractivity contribution in [3.8, 4) is 0 Å². The molecular weight excluding hydrogens is 370 g/mol. The van der Waals surface area contributed by atoms with Crippen LogP contribution in [0.1, 0.15) is 44.3 Å². The number of aliphatic hydroxyl groups excluding tert-OH is 1. The summed E-state index contributed by atoms with van der Waals surface area (Å²) in [4.78, 5) is 11.5. The minimum Gasteiger partial charge on any atom is -0.388 e. The highest BCUT2D eigenvalue weighted by Gasteiger charge is 2.30.